The highest BCUT2D eigenvalue weighted by Gasteiger charge is 2.25. The van der Waals surface area contributed by atoms with E-state index in [0.717, 1.165) is 36.8 Å². The van der Waals surface area contributed by atoms with Gasteiger partial charge >= 0.3 is 0 Å². The molecule has 0 radical (unpaired) electrons. The number of carbonyl (C=O) groups is 1. The highest BCUT2D eigenvalue weighted by atomic mass is 79.9. The minimum Gasteiger partial charge on any atom is -0.372 e. The van der Waals surface area contributed by atoms with Crippen LogP contribution in [0, 0.1) is 5.92 Å². The normalized spacial score (nSPS) is 21.9. The van der Waals surface area contributed by atoms with Crippen molar-refractivity contribution in [3.8, 4) is 0 Å². The van der Waals surface area contributed by atoms with Gasteiger partial charge in [-0.1, -0.05) is 22.0 Å². The number of fused-ring (bicyclic) bond motifs is 1. The van der Waals surface area contributed by atoms with E-state index in [2.05, 4.69) is 15.9 Å². The Labute approximate surface area is 128 Å². The topological polar surface area (TPSA) is 29.5 Å². The lowest BCUT2D eigenvalue weighted by molar-refractivity contribution is 0.0672. The van der Waals surface area contributed by atoms with Gasteiger partial charge in [0.25, 0.3) is 5.91 Å². The molecule has 1 unspecified atom stereocenters. The largest absolute Gasteiger partial charge is 0.372 e. The van der Waals surface area contributed by atoms with E-state index < -0.39 is 0 Å². The van der Waals surface area contributed by atoms with Crippen LogP contribution < -0.4 is 0 Å². The smallest absolute Gasteiger partial charge is 0.253 e. The van der Waals surface area contributed by atoms with Crippen molar-refractivity contribution in [1.29, 1.82) is 0 Å². The molecule has 0 saturated carbocycles. The zero-order chi connectivity index (χ0) is 13.9. The monoisotopic (exact) mass is 337 g/mol. The maximum Gasteiger partial charge on any atom is 0.253 e. The predicted octanol–water partition coefficient (Wildman–Crippen LogP) is 3.35. The molecule has 2 aliphatic rings. The number of amides is 1. The Hall–Kier alpha value is -0.870. The molecule has 1 amide bonds. The first-order chi connectivity index (χ1) is 9.78. The fourth-order valence-electron chi connectivity index (χ4n) is 3.13. The molecule has 1 aromatic rings. The molecule has 1 saturated heterocycles. The average molecular weight is 338 g/mol. The molecule has 0 aromatic heterocycles. The standard InChI is InChI=1S/C16H20BrNO2/c17-6-5-12-2-1-7-18(9-12)16(19)13-3-4-14-10-20-11-15(14)8-13/h3-4,8,12H,1-2,5-7,9-11H2. The van der Waals surface area contributed by atoms with Crippen molar-refractivity contribution in [2.24, 2.45) is 5.92 Å². The third-order valence-electron chi connectivity index (χ3n) is 4.29. The average Bonchev–Trinajstić information content (AvgIpc) is 2.94. The molecule has 0 aliphatic carbocycles. The third-order valence-corrected chi connectivity index (χ3v) is 4.75. The maximum atomic E-state index is 12.6. The fourth-order valence-corrected chi connectivity index (χ4v) is 3.77. The van der Waals surface area contributed by atoms with Crippen LogP contribution in [0.2, 0.25) is 0 Å². The predicted molar refractivity (Wildman–Crippen MR) is 82.0 cm³/mol. The van der Waals surface area contributed by atoms with Crippen molar-refractivity contribution < 1.29 is 9.53 Å². The summed E-state index contributed by atoms with van der Waals surface area (Å²) >= 11 is 3.50. The van der Waals surface area contributed by atoms with Gasteiger partial charge in [-0.15, -0.1) is 0 Å². The zero-order valence-electron chi connectivity index (χ0n) is 11.6. The second-order valence-electron chi connectivity index (χ2n) is 5.71. The van der Waals surface area contributed by atoms with Gasteiger partial charge in [-0.05, 0) is 48.4 Å². The molecule has 0 bridgehead atoms. The van der Waals surface area contributed by atoms with Crippen LogP contribution in [0.5, 0.6) is 0 Å². The lowest BCUT2D eigenvalue weighted by atomic mass is 9.95. The Kier molecular flexibility index (Phi) is 4.41. The van der Waals surface area contributed by atoms with Crippen molar-refractivity contribution in [2.75, 3.05) is 18.4 Å². The van der Waals surface area contributed by atoms with Crippen LogP contribution in [0.1, 0.15) is 40.7 Å². The highest BCUT2D eigenvalue weighted by molar-refractivity contribution is 9.09. The van der Waals surface area contributed by atoms with Gasteiger partial charge in [0.1, 0.15) is 0 Å². The molecule has 1 atom stereocenters. The van der Waals surface area contributed by atoms with Gasteiger partial charge in [-0.3, -0.25) is 4.79 Å². The van der Waals surface area contributed by atoms with Crippen molar-refractivity contribution in [2.45, 2.75) is 32.5 Å². The molecular weight excluding hydrogens is 318 g/mol. The van der Waals surface area contributed by atoms with E-state index in [-0.39, 0.29) is 5.91 Å². The van der Waals surface area contributed by atoms with E-state index in [0.29, 0.717) is 19.1 Å². The Balaban J connectivity index is 1.72. The number of likely N-dealkylation sites (tertiary alicyclic amines) is 1. The lowest BCUT2D eigenvalue weighted by Crippen LogP contribution is -2.40. The van der Waals surface area contributed by atoms with Gasteiger partial charge in [-0.25, -0.2) is 0 Å². The van der Waals surface area contributed by atoms with Gasteiger partial charge in [0.05, 0.1) is 13.2 Å². The molecular formula is C16H20BrNO2. The summed E-state index contributed by atoms with van der Waals surface area (Å²) in [5.41, 5.74) is 3.20. The van der Waals surface area contributed by atoms with Gasteiger partial charge in [0.15, 0.2) is 0 Å². The number of alkyl halides is 1. The fraction of sp³-hybridized carbons (Fsp3) is 0.562. The van der Waals surface area contributed by atoms with Crippen LogP contribution in [0.25, 0.3) is 0 Å². The second-order valence-corrected chi connectivity index (χ2v) is 6.51. The number of benzene rings is 1. The van der Waals surface area contributed by atoms with Crippen LogP contribution in [0.15, 0.2) is 18.2 Å². The van der Waals surface area contributed by atoms with E-state index in [1.807, 2.05) is 23.1 Å². The Morgan fingerprint density at radius 1 is 1.35 bits per heavy atom. The minimum absolute atomic E-state index is 0.180. The number of nitrogens with zero attached hydrogens (tertiary/aromatic N) is 1. The van der Waals surface area contributed by atoms with E-state index in [1.54, 1.807) is 0 Å². The van der Waals surface area contributed by atoms with Crippen molar-refractivity contribution in [1.82, 2.24) is 4.90 Å². The second kappa shape index (κ2) is 6.27. The van der Waals surface area contributed by atoms with E-state index in [1.165, 1.54) is 17.5 Å². The van der Waals surface area contributed by atoms with Gasteiger partial charge in [0, 0.05) is 24.0 Å². The summed E-state index contributed by atoms with van der Waals surface area (Å²) in [4.78, 5) is 14.6. The number of ether oxygens (including phenoxy) is 1. The van der Waals surface area contributed by atoms with Crippen LogP contribution >= 0.6 is 15.9 Å². The molecule has 4 heteroatoms. The van der Waals surface area contributed by atoms with Gasteiger partial charge in [0.2, 0.25) is 0 Å². The lowest BCUT2D eigenvalue weighted by Gasteiger charge is -2.32. The summed E-state index contributed by atoms with van der Waals surface area (Å²) in [5.74, 6) is 0.823. The molecule has 0 spiro atoms. The maximum absolute atomic E-state index is 12.6. The SMILES string of the molecule is O=C(c1ccc2c(c1)COC2)N1CCCC(CCBr)C1. The Morgan fingerprint density at radius 3 is 3.05 bits per heavy atom. The summed E-state index contributed by atoms with van der Waals surface area (Å²) in [6, 6.07) is 6.00. The van der Waals surface area contributed by atoms with Crippen molar-refractivity contribution >= 4 is 21.8 Å². The van der Waals surface area contributed by atoms with Crippen molar-refractivity contribution in [3.05, 3.63) is 34.9 Å². The summed E-state index contributed by atoms with van der Waals surface area (Å²) in [6.45, 7) is 3.12. The molecule has 2 aliphatic heterocycles. The summed E-state index contributed by atoms with van der Waals surface area (Å²) < 4.78 is 5.41. The van der Waals surface area contributed by atoms with Crippen LogP contribution in [-0.2, 0) is 18.0 Å². The van der Waals surface area contributed by atoms with E-state index in [9.17, 15) is 4.79 Å². The number of halogens is 1. The zero-order valence-corrected chi connectivity index (χ0v) is 13.2. The first-order valence-electron chi connectivity index (χ1n) is 7.32. The third kappa shape index (κ3) is 2.91. The Bertz CT molecular complexity index is 501. The Morgan fingerprint density at radius 2 is 2.20 bits per heavy atom. The summed E-state index contributed by atoms with van der Waals surface area (Å²) in [6.07, 6.45) is 3.52. The molecule has 108 valence electrons. The first kappa shape index (κ1) is 14.1. The molecule has 3 nitrogen and oxygen atoms in total. The molecule has 2 heterocycles. The van der Waals surface area contributed by atoms with Crippen LogP contribution in [-0.4, -0.2) is 29.2 Å². The molecule has 0 N–H and O–H groups in total. The highest BCUT2D eigenvalue weighted by Crippen LogP contribution is 2.24. The summed E-state index contributed by atoms with van der Waals surface area (Å²) in [5, 5.41) is 1.02. The van der Waals surface area contributed by atoms with E-state index >= 15 is 0 Å². The molecule has 20 heavy (non-hydrogen) atoms. The first-order valence-corrected chi connectivity index (χ1v) is 8.45. The molecule has 1 aromatic carbocycles. The minimum atomic E-state index is 0.180. The number of hydrogen-bond donors (Lipinski definition) is 0. The summed E-state index contributed by atoms with van der Waals surface area (Å²) in [7, 11) is 0. The molecule has 1 fully saturated rings. The van der Waals surface area contributed by atoms with Gasteiger partial charge in [-0.2, -0.15) is 0 Å². The van der Waals surface area contributed by atoms with Gasteiger partial charge < -0.3 is 9.64 Å². The van der Waals surface area contributed by atoms with Crippen molar-refractivity contribution in [3.63, 3.8) is 0 Å². The molecule has 3 rings (SSSR count). The number of hydrogen-bond acceptors (Lipinski definition) is 2. The quantitative estimate of drug-likeness (QED) is 0.791. The number of rotatable bonds is 3. The van der Waals surface area contributed by atoms with Crippen LogP contribution in [0.4, 0.5) is 0 Å². The number of piperidine rings is 1. The number of carbonyl (C=O) groups excluding carboxylic acids is 1. The van der Waals surface area contributed by atoms with E-state index in [4.69, 9.17) is 4.74 Å². The van der Waals surface area contributed by atoms with Crippen LogP contribution in [0.3, 0.4) is 0 Å².